The van der Waals surface area contributed by atoms with Gasteiger partial charge in [-0.05, 0) is 6.92 Å². The van der Waals surface area contributed by atoms with Gasteiger partial charge >= 0.3 is 5.69 Å². The van der Waals surface area contributed by atoms with E-state index in [2.05, 4.69) is 9.88 Å². The Bertz CT molecular complexity index is 534. The molecule has 1 saturated heterocycles. The zero-order chi connectivity index (χ0) is 13.1. The lowest BCUT2D eigenvalue weighted by molar-refractivity contribution is 0.285. The summed E-state index contributed by atoms with van der Waals surface area (Å²) in [5.41, 5.74) is -0.331. The first-order valence-corrected chi connectivity index (χ1v) is 7.42. The molecular weight excluding hydrogens is 274 g/mol. The molecule has 1 aliphatic rings. The highest BCUT2D eigenvalue weighted by atomic mass is 35.5. The van der Waals surface area contributed by atoms with Crippen molar-refractivity contribution in [1.29, 1.82) is 0 Å². The molecule has 1 N–H and O–H groups in total. The monoisotopic (exact) mass is 289 g/mol. The zero-order valence-corrected chi connectivity index (χ0v) is 11.8. The summed E-state index contributed by atoms with van der Waals surface area (Å²) in [6.07, 6.45) is 0. The van der Waals surface area contributed by atoms with E-state index in [0.717, 1.165) is 31.1 Å². The van der Waals surface area contributed by atoms with Crippen LogP contribution in [0.4, 0.5) is 0 Å². The summed E-state index contributed by atoms with van der Waals surface area (Å²) in [4.78, 5) is 28.4. The number of H-pyrrole nitrogens is 1. The minimum Gasteiger partial charge on any atom is -0.300 e. The fourth-order valence-electron chi connectivity index (χ4n) is 1.91. The molecule has 1 aromatic heterocycles. The van der Waals surface area contributed by atoms with E-state index < -0.39 is 5.69 Å². The first-order valence-electron chi connectivity index (χ1n) is 5.89. The Morgan fingerprint density at radius 1 is 1.28 bits per heavy atom. The van der Waals surface area contributed by atoms with E-state index in [0.29, 0.717) is 12.1 Å². The van der Waals surface area contributed by atoms with Crippen LogP contribution in [0.2, 0.25) is 5.15 Å². The van der Waals surface area contributed by atoms with E-state index >= 15 is 0 Å². The van der Waals surface area contributed by atoms with E-state index in [1.54, 1.807) is 6.92 Å². The molecule has 0 aliphatic carbocycles. The van der Waals surface area contributed by atoms with Crippen molar-refractivity contribution < 1.29 is 0 Å². The van der Waals surface area contributed by atoms with Crippen molar-refractivity contribution in [2.45, 2.75) is 13.5 Å². The average molecular weight is 290 g/mol. The minimum atomic E-state index is -0.429. The van der Waals surface area contributed by atoms with Crippen LogP contribution < -0.4 is 11.2 Å². The van der Waals surface area contributed by atoms with Crippen molar-refractivity contribution in [2.75, 3.05) is 31.1 Å². The van der Waals surface area contributed by atoms with Gasteiger partial charge in [0.2, 0.25) is 0 Å². The molecule has 0 amide bonds. The van der Waals surface area contributed by atoms with Crippen LogP contribution in [-0.4, -0.2) is 45.6 Å². The molecule has 2 rings (SSSR count). The number of nitrogens with one attached hydrogen (secondary N) is 1. The van der Waals surface area contributed by atoms with E-state index in [1.807, 2.05) is 11.8 Å². The SMILES string of the molecule is Cc1c(Cl)[nH]c(=O)n(CCN2CCSCC2)c1=O. The predicted molar refractivity (Wildman–Crippen MR) is 74.8 cm³/mol. The Labute approximate surface area is 114 Å². The average Bonchev–Trinajstić information content (AvgIpc) is 2.37. The first-order chi connectivity index (χ1) is 8.59. The Hall–Kier alpha value is -0.720. The van der Waals surface area contributed by atoms with Crippen LogP contribution in [0.5, 0.6) is 0 Å². The summed E-state index contributed by atoms with van der Waals surface area (Å²) >= 11 is 7.69. The Morgan fingerprint density at radius 2 is 1.94 bits per heavy atom. The summed E-state index contributed by atoms with van der Waals surface area (Å²) in [6.45, 7) is 4.80. The van der Waals surface area contributed by atoms with Gasteiger partial charge in [-0.2, -0.15) is 11.8 Å². The van der Waals surface area contributed by atoms with Crippen LogP contribution in [0, 0.1) is 6.92 Å². The standard InChI is InChI=1S/C11H16ClN3O2S/c1-8-9(12)13-11(17)15(10(8)16)3-2-14-4-6-18-7-5-14/h2-7H2,1H3,(H,13,17). The maximum absolute atomic E-state index is 11.9. The molecule has 0 unspecified atom stereocenters. The second-order valence-corrected chi connectivity index (χ2v) is 5.88. The predicted octanol–water partition coefficient (Wildman–Crippen LogP) is 0.547. The van der Waals surface area contributed by atoms with Crippen LogP contribution in [0.15, 0.2) is 9.59 Å². The molecule has 5 nitrogen and oxygen atoms in total. The second-order valence-electron chi connectivity index (χ2n) is 4.28. The van der Waals surface area contributed by atoms with Gasteiger partial charge in [0.15, 0.2) is 0 Å². The number of nitrogens with zero attached hydrogens (tertiary/aromatic N) is 2. The molecule has 1 fully saturated rings. The molecule has 1 aromatic rings. The fraction of sp³-hybridized carbons (Fsp3) is 0.636. The van der Waals surface area contributed by atoms with E-state index in [-0.39, 0.29) is 10.7 Å². The molecular formula is C11H16ClN3O2S. The van der Waals surface area contributed by atoms with Crippen molar-refractivity contribution in [3.05, 3.63) is 31.6 Å². The van der Waals surface area contributed by atoms with Gasteiger partial charge in [0.05, 0.1) is 0 Å². The maximum atomic E-state index is 11.9. The van der Waals surface area contributed by atoms with Gasteiger partial charge in [0, 0.05) is 43.2 Å². The normalized spacial score (nSPS) is 17.0. The van der Waals surface area contributed by atoms with Gasteiger partial charge in [0.1, 0.15) is 5.15 Å². The van der Waals surface area contributed by atoms with Crippen LogP contribution >= 0.6 is 23.4 Å². The van der Waals surface area contributed by atoms with Crippen LogP contribution in [0.25, 0.3) is 0 Å². The summed E-state index contributed by atoms with van der Waals surface area (Å²) in [5, 5.41) is 0.135. The molecule has 2 heterocycles. The maximum Gasteiger partial charge on any atom is 0.329 e. The van der Waals surface area contributed by atoms with Gasteiger partial charge in [0.25, 0.3) is 5.56 Å². The number of aromatic amines is 1. The van der Waals surface area contributed by atoms with E-state index in [1.165, 1.54) is 4.57 Å². The number of rotatable bonds is 3. The smallest absolute Gasteiger partial charge is 0.300 e. The molecule has 0 bridgehead atoms. The molecule has 1 aliphatic heterocycles. The molecule has 0 spiro atoms. The highest BCUT2D eigenvalue weighted by Gasteiger charge is 2.13. The Morgan fingerprint density at radius 3 is 2.61 bits per heavy atom. The van der Waals surface area contributed by atoms with Gasteiger partial charge in [-0.25, -0.2) is 4.79 Å². The van der Waals surface area contributed by atoms with Crippen LogP contribution in [0.3, 0.4) is 0 Å². The summed E-state index contributed by atoms with van der Waals surface area (Å²) in [5.74, 6) is 2.23. The number of hydrogen-bond acceptors (Lipinski definition) is 4. The third kappa shape index (κ3) is 2.99. The number of halogens is 1. The van der Waals surface area contributed by atoms with Gasteiger partial charge in [-0.15, -0.1) is 0 Å². The van der Waals surface area contributed by atoms with Crippen LogP contribution in [-0.2, 0) is 6.54 Å². The molecule has 0 aromatic carbocycles. The highest BCUT2D eigenvalue weighted by Crippen LogP contribution is 2.08. The van der Waals surface area contributed by atoms with E-state index in [4.69, 9.17) is 11.6 Å². The summed E-state index contributed by atoms with van der Waals surface area (Å²) in [7, 11) is 0. The van der Waals surface area contributed by atoms with Crippen molar-refractivity contribution in [2.24, 2.45) is 0 Å². The lowest BCUT2D eigenvalue weighted by Gasteiger charge is -2.26. The molecule has 0 atom stereocenters. The highest BCUT2D eigenvalue weighted by molar-refractivity contribution is 7.99. The first kappa shape index (κ1) is 13.7. The molecule has 100 valence electrons. The van der Waals surface area contributed by atoms with Gasteiger partial charge in [-0.1, -0.05) is 11.6 Å². The minimum absolute atomic E-state index is 0.135. The van der Waals surface area contributed by atoms with Gasteiger partial charge in [-0.3, -0.25) is 19.2 Å². The molecule has 0 saturated carbocycles. The third-order valence-corrected chi connectivity index (χ3v) is 4.42. The lowest BCUT2D eigenvalue weighted by Crippen LogP contribution is -2.42. The number of aromatic nitrogens is 2. The van der Waals surface area contributed by atoms with Crippen molar-refractivity contribution in [1.82, 2.24) is 14.5 Å². The number of thioether (sulfide) groups is 1. The van der Waals surface area contributed by atoms with Gasteiger partial charge < -0.3 is 0 Å². The van der Waals surface area contributed by atoms with E-state index in [9.17, 15) is 9.59 Å². The van der Waals surface area contributed by atoms with Crippen LogP contribution in [0.1, 0.15) is 5.56 Å². The quantitative estimate of drug-likeness (QED) is 0.826. The zero-order valence-electron chi connectivity index (χ0n) is 10.2. The van der Waals surface area contributed by atoms with Crippen molar-refractivity contribution in [3.63, 3.8) is 0 Å². The molecule has 0 radical (unpaired) electrons. The largest absolute Gasteiger partial charge is 0.329 e. The number of hydrogen-bond donors (Lipinski definition) is 1. The second kappa shape index (κ2) is 5.95. The molecule has 7 heteroatoms. The lowest BCUT2D eigenvalue weighted by atomic mass is 10.3. The van der Waals surface area contributed by atoms with Crippen molar-refractivity contribution >= 4 is 23.4 Å². The third-order valence-electron chi connectivity index (χ3n) is 3.10. The Kier molecular flexibility index (Phi) is 4.53. The van der Waals surface area contributed by atoms with Crippen molar-refractivity contribution in [3.8, 4) is 0 Å². The summed E-state index contributed by atoms with van der Waals surface area (Å²) < 4.78 is 1.23. The molecule has 18 heavy (non-hydrogen) atoms. The fourth-order valence-corrected chi connectivity index (χ4v) is 3.05. The Balaban J connectivity index is 2.12. The summed E-state index contributed by atoms with van der Waals surface area (Å²) in [6, 6.07) is 0. The topological polar surface area (TPSA) is 58.1 Å².